The van der Waals surface area contributed by atoms with Crippen molar-refractivity contribution in [3.05, 3.63) is 65.0 Å². The van der Waals surface area contributed by atoms with Gasteiger partial charge in [-0.15, -0.1) is 0 Å². The standard InChI is InChI=1S/C30H35F4N5O5/c1-36(2)14-15-37-18-25(40)29(39(19-37)22-7-4-20(5-8-22)28(43)44-3)10-12-38(13-11-29)26(41)17-35-27(42)23-16-21(30(32,33)34)6-9-24(23)31/h4-9,16H,10-15,17-19H2,1-3H3,(H,35,42). The number of methoxy groups -OCH3 is 1. The number of nitrogens with zero attached hydrogens (tertiary/aromatic N) is 4. The Morgan fingerprint density at radius 2 is 1.70 bits per heavy atom. The van der Waals surface area contributed by atoms with Crippen LogP contribution >= 0.6 is 0 Å². The van der Waals surface area contributed by atoms with Gasteiger partial charge < -0.3 is 24.8 Å². The van der Waals surface area contributed by atoms with E-state index in [-0.39, 0.29) is 25.4 Å². The number of carbonyl (C=O) groups is 4. The summed E-state index contributed by atoms with van der Waals surface area (Å²) < 4.78 is 58.0. The Morgan fingerprint density at radius 3 is 2.30 bits per heavy atom. The first-order valence-corrected chi connectivity index (χ1v) is 14.0. The number of nitrogens with one attached hydrogen (secondary N) is 1. The van der Waals surface area contributed by atoms with E-state index in [1.807, 2.05) is 28.8 Å². The first-order valence-electron chi connectivity index (χ1n) is 14.0. The average Bonchev–Trinajstić information content (AvgIpc) is 2.99. The fourth-order valence-corrected chi connectivity index (χ4v) is 5.51. The largest absolute Gasteiger partial charge is 0.465 e. The molecule has 2 aromatic rings. The minimum absolute atomic E-state index is 0.0000241. The number of benzene rings is 2. The molecule has 2 amide bonds. The van der Waals surface area contributed by atoms with Crippen molar-refractivity contribution in [2.24, 2.45) is 0 Å². The van der Waals surface area contributed by atoms with E-state index in [4.69, 9.17) is 4.74 Å². The van der Waals surface area contributed by atoms with Crippen LogP contribution < -0.4 is 10.2 Å². The summed E-state index contributed by atoms with van der Waals surface area (Å²) in [5, 5.41) is 2.21. The van der Waals surface area contributed by atoms with E-state index in [0.29, 0.717) is 49.8 Å². The monoisotopic (exact) mass is 621 g/mol. The zero-order valence-electron chi connectivity index (χ0n) is 24.7. The second-order valence-corrected chi connectivity index (χ2v) is 11.2. The number of piperidine rings is 1. The summed E-state index contributed by atoms with van der Waals surface area (Å²) in [5.74, 6) is -3.27. The van der Waals surface area contributed by atoms with Gasteiger partial charge in [0.1, 0.15) is 11.4 Å². The number of halogens is 4. The third-order valence-electron chi connectivity index (χ3n) is 8.09. The lowest BCUT2D eigenvalue weighted by Gasteiger charge is -2.53. The van der Waals surface area contributed by atoms with Crippen LogP contribution in [-0.4, -0.2) is 111 Å². The summed E-state index contributed by atoms with van der Waals surface area (Å²) >= 11 is 0. The second-order valence-electron chi connectivity index (χ2n) is 11.2. The molecule has 2 aliphatic heterocycles. The molecule has 0 bridgehead atoms. The fraction of sp³-hybridized carbons (Fsp3) is 0.467. The minimum Gasteiger partial charge on any atom is -0.465 e. The highest BCUT2D eigenvalue weighted by molar-refractivity contribution is 5.97. The highest BCUT2D eigenvalue weighted by Gasteiger charge is 2.50. The van der Waals surface area contributed by atoms with Gasteiger partial charge in [0.2, 0.25) is 5.91 Å². The van der Waals surface area contributed by atoms with Gasteiger partial charge in [0.25, 0.3) is 5.91 Å². The Hall–Kier alpha value is -4.04. The lowest BCUT2D eigenvalue weighted by Crippen LogP contribution is -2.69. The number of ketones is 1. The lowest BCUT2D eigenvalue weighted by atomic mass is 9.79. The van der Waals surface area contributed by atoms with E-state index >= 15 is 0 Å². The number of ether oxygens (including phenoxy) is 1. The van der Waals surface area contributed by atoms with Gasteiger partial charge in [-0.1, -0.05) is 0 Å². The van der Waals surface area contributed by atoms with Gasteiger partial charge >= 0.3 is 12.1 Å². The minimum atomic E-state index is -4.76. The van der Waals surface area contributed by atoms with E-state index in [2.05, 4.69) is 5.32 Å². The molecule has 2 saturated heterocycles. The number of hydrogen-bond donors (Lipinski definition) is 1. The van der Waals surface area contributed by atoms with Crippen molar-refractivity contribution in [1.29, 1.82) is 0 Å². The molecule has 0 unspecified atom stereocenters. The number of esters is 1. The normalized spacial score (nSPS) is 17.2. The Balaban J connectivity index is 1.46. The average molecular weight is 622 g/mol. The quantitative estimate of drug-likeness (QED) is 0.355. The second kappa shape index (κ2) is 13.3. The molecule has 2 aromatic carbocycles. The number of anilines is 1. The van der Waals surface area contributed by atoms with Crippen LogP contribution in [0.5, 0.6) is 0 Å². The number of Topliss-reactive ketones (excluding diaryl/α,β-unsaturated/α-hetero) is 1. The molecule has 2 fully saturated rings. The molecule has 14 heteroatoms. The Kier molecular flexibility index (Phi) is 9.94. The Bertz CT molecular complexity index is 1390. The molecule has 0 aromatic heterocycles. The smallest absolute Gasteiger partial charge is 0.416 e. The molecule has 10 nitrogen and oxygen atoms in total. The predicted octanol–water partition coefficient (Wildman–Crippen LogP) is 2.63. The maximum atomic E-state index is 14.1. The van der Waals surface area contributed by atoms with Crippen LogP contribution in [0.3, 0.4) is 0 Å². The maximum Gasteiger partial charge on any atom is 0.416 e. The summed E-state index contributed by atoms with van der Waals surface area (Å²) in [5.41, 5.74) is -1.81. The first-order chi connectivity index (χ1) is 20.7. The Labute approximate surface area is 252 Å². The molecular weight excluding hydrogens is 586 g/mol. The highest BCUT2D eigenvalue weighted by atomic mass is 19.4. The molecule has 238 valence electrons. The van der Waals surface area contributed by atoms with Crippen LogP contribution in [0.25, 0.3) is 0 Å². The number of rotatable bonds is 8. The topological polar surface area (TPSA) is 102 Å². The van der Waals surface area contributed by atoms with Crippen molar-refractivity contribution < 1.29 is 41.5 Å². The van der Waals surface area contributed by atoms with Gasteiger partial charge in [-0.05, 0) is 69.4 Å². The van der Waals surface area contributed by atoms with Crippen molar-refractivity contribution in [3.63, 3.8) is 0 Å². The number of amides is 2. The Morgan fingerprint density at radius 1 is 1.05 bits per heavy atom. The third kappa shape index (κ3) is 7.18. The van der Waals surface area contributed by atoms with Crippen LogP contribution in [0.1, 0.15) is 39.1 Å². The molecule has 4 rings (SSSR count). The van der Waals surface area contributed by atoms with Crippen LogP contribution in [0.15, 0.2) is 42.5 Å². The van der Waals surface area contributed by atoms with Gasteiger partial charge in [0, 0.05) is 31.9 Å². The molecule has 44 heavy (non-hydrogen) atoms. The van der Waals surface area contributed by atoms with Crippen molar-refractivity contribution in [2.45, 2.75) is 24.6 Å². The number of alkyl halides is 3. The summed E-state index contributed by atoms with van der Waals surface area (Å²) in [7, 11) is 5.19. The van der Waals surface area contributed by atoms with E-state index in [0.717, 1.165) is 12.2 Å². The summed E-state index contributed by atoms with van der Waals surface area (Å²) in [6.45, 7) is 1.91. The fourth-order valence-electron chi connectivity index (χ4n) is 5.51. The molecule has 0 radical (unpaired) electrons. The highest BCUT2D eigenvalue weighted by Crippen LogP contribution is 2.37. The number of carbonyl (C=O) groups excluding carboxylic acids is 4. The van der Waals surface area contributed by atoms with Crippen molar-refractivity contribution in [2.75, 3.05) is 72.0 Å². The molecule has 1 spiro atoms. The van der Waals surface area contributed by atoms with Crippen molar-refractivity contribution in [1.82, 2.24) is 20.0 Å². The van der Waals surface area contributed by atoms with E-state index < -0.39 is 53.0 Å². The molecule has 0 atom stereocenters. The number of hydrogen-bond acceptors (Lipinski definition) is 8. The summed E-state index contributed by atoms with van der Waals surface area (Å²) in [6.07, 6.45) is -4.17. The van der Waals surface area contributed by atoms with Gasteiger partial charge in [-0.2, -0.15) is 13.2 Å². The molecule has 0 saturated carbocycles. The van der Waals surface area contributed by atoms with Crippen LogP contribution in [0.2, 0.25) is 0 Å². The van der Waals surface area contributed by atoms with E-state index in [1.165, 1.54) is 12.0 Å². The van der Waals surface area contributed by atoms with Crippen LogP contribution in [-0.2, 0) is 20.5 Å². The van der Waals surface area contributed by atoms with Crippen LogP contribution in [0.4, 0.5) is 23.2 Å². The SMILES string of the molecule is COC(=O)c1ccc(N2CN(CCN(C)C)CC(=O)C23CCN(C(=O)CNC(=O)c2cc(C(F)(F)F)ccc2F)CC3)cc1. The van der Waals surface area contributed by atoms with Gasteiger partial charge in [0.15, 0.2) is 5.78 Å². The van der Waals surface area contributed by atoms with Crippen LogP contribution in [0, 0.1) is 5.82 Å². The van der Waals surface area contributed by atoms with Gasteiger partial charge in [-0.3, -0.25) is 19.3 Å². The van der Waals surface area contributed by atoms with Crippen molar-refractivity contribution in [3.8, 4) is 0 Å². The predicted molar refractivity (Wildman–Crippen MR) is 153 cm³/mol. The third-order valence-corrected chi connectivity index (χ3v) is 8.09. The van der Waals surface area contributed by atoms with E-state index in [9.17, 15) is 36.7 Å². The summed E-state index contributed by atoms with van der Waals surface area (Å²) in [4.78, 5) is 58.7. The first kappa shape index (κ1) is 32.9. The molecular formula is C30H35F4N5O5. The van der Waals surface area contributed by atoms with E-state index in [1.54, 1.807) is 24.3 Å². The van der Waals surface area contributed by atoms with Gasteiger partial charge in [-0.25, -0.2) is 9.18 Å². The molecule has 2 heterocycles. The van der Waals surface area contributed by atoms with Crippen molar-refractivity contribution >= 4 is 29.3 Å². The number of likely N-dealkylation sites (tertiary alicyclic amines) is 1. The summed E-state index contributed by atoms with van der Waals surface area (Å²) in [6, 6.07) is 8.28. The molecule has 0 aliphatic carbocycles. The zero-order chi connectivity index (χ0) is 32.2. The lowest BCUT2D eigenvalue weighted by molar-refractivity contribution is -0.137. The molecule has 1 N–H and O–H groups in total. The van der Waals surface area contributed by atoms with Gasteiger partial charge in [0.05, 0.1) is 43.6 Å². The maximum absolute atomic E-state index is 14.1. The zero-order valence-corrected chi connectivity index (χ0v) is 24.7. The molecule has 2 aliphatic rings. The number of likely N-dealkylation sites (N-methyl/N-ethyl adjacent to an activating group) is 1.